The van der Waals surface area contributed by atoms with Crippen molar-refractivity contribution < 1.29 is 4.52 Å². The van der Waals surface area contributed by atoms with Crippen LogP contribution in [0.2, 0.25) is 0 Å². The highest BCUT2D eigenvalue weighted by molar-refractivity contribution is 5.35. The molecular formula is C15H21N3O. The first-order valence-electron chi connectivity index (χ1n) is 6.46. The third kappa shape index (κ3) is 2.84. The molecule has 19 heavy (non-hydrogen) atoms. The number of nitrogens with two attached hydrogens (primary N) is 1. The van der Waals surface area contributed by atoms with Gasteiger partial charge in [0.2, 0.25) is 5.89 Å². The van der Waals surface area contributed by atoms with Gasteiger partial charge in [0.1, 0.15) is 0 Å². The summed E-state index contributed by atoms with van der Waals surface area (Å²) < 4.78 is 5.30. The zero-order valence-corrected chi connectivity index (χ0v) is 12.2. The molecule has 0 amide bonds. The Morgan fingerprint density at radius 3 is 2.47 bits per heavy atom. The highest BCUT2D eigenvalue weighted by Crippen LogP contribution is 2.25. The van der Waals surface area contributed by atoms with Crippen molar-refractivity contribution in [3.05, 3.63) is 46.6 Å². The van der Waals surface area contributed by atoms with Crippen LogP contribution < -0.4 is 5.73 Å². The standard InChI is InChI=1S/C15H21N3O/c1-9-6-7-10(2)11(8-9)12(16)13-17-14(19-18-13)15(3,4)5/h6-8,12H,16H2,1-5H3. The summed E-state index contributed by atoms with van der Waals surface area (Å²) in [6, 6.07) is 5.87. The van der Waals surface area contributed by atoms with E-state index in [-0.39, 0.29) is 11.5 Å². The molecule has 0 aliphatic carbocycles. The van der Waals surface area contributed by atoms with E-state index in [1.54, 1.807) is 0 Å². The minimum absolute atomic E-state index is 0.160. The van der Waals surface area contributed by atoms with Crippen LogP contribution in [0.5, 0.6) is 0 Å². The minimum Gasteiger partial charge on any atom is -0.339 e. The number of rotatable bonds is 2. The number of aryl methyl sites for hydroxylation is 2. The van der Waals surface area contributed by atoms with Crippen LogP contribution in [0.1, 0.15) is 55.2 Å². The monoisotopic (exact) mass is 259 g/mol. The summed E-state index contributed by atoms with van der Waals surface area (Å²) in [5.74, 6) is 1.15. The molecule has 2 N–H and O–H groups in total. The van der Waals surface area contributed by atoms with E-state index in [9.17, 15) is 0 Å². The van der Waals surface area contributed by atoms with Gasteiger partial charge in [-0.25, -0.2) is 0 Å². The van der Waals surface area contributed by atoms with Crippen LogP contribution in [0.3, 0.4) is 0 Å². The minimum atomic E-state index is -0.347. The molecule has 0 bridgehead atoms. The second kappa shape index (κ2) is 4.78. The Balaban J connectivity index is 2.36. The van der Waals surface area contributed by atoms with Crippen molar-refractivity contribution >= 4 is 0 Å². The summed E-state index contributed by atoms with van der Waals surface area (Å²) in [7, 11) is 0. The van der Waals surface area contributed by atoms with Crippen LogP contribution >= 0.6 is 0 Å². The lowest BCUT2D eigenvalue weighted by atomic mass is 9.96. The molecule has 1 aromatic carbocycles. The lowest BCUT2D eigenvalue weighted by Crippen LogP contribution is -2.16. The van der Waals surface area contributed by atoms with Gasteiger partial charge in [-0.05, 0) is 25.0 Å². The second-order valence-corrected chi connectivity index (χ2v) is 6.05. The molecular weight excluding hydrogens is 238 g/mol. The maximum Gasteiger partial charge on any atom is 0.232 e. The highest BCUT2D eigenvalue weighted by Gasteiger charge is 2.24. The first-order valence-corrected chi connectivity index (χ1v) is 6.46. The van der Waals surface area contributed by atoms with Crippen LogP contribution in [0.25, 0.3) is 0 Å². The van der Waals surface area contributed by atoms with Crippen LogP contribution in [0.4, 0.5) is 0 Å². The molecule has 0 radical (unpaired) electrons. The average Bonchev–Trinajstić information content (AvgIpc) is 2.80. The predicted molar refractivity (Wildman–Crippen MR) is 74.9 cm³/mol. The molecule has 0 saturated carbocycles. The molecule has 1 aromatic heterocycles. The molecule has 2 rings (SSSR count). The molecule has 0 saturated heterocycles. The zero-order valence-electron chi connectivity index (χ0n) is 12.2. The van der Waals surface area contributed by atoms with E-state index in [0.29, 0.717) is 11.7 Å². The van der Waals surface area contributed by atoms with E-state index in [0.717, 1.165) is 11.1 Å². The van der Waals surface area contributed by atoms with Gasteiger partial charge in [-0.1, -0.05) is 49.7 Å². The molecule has 0 aliphatic heterocycles. The number of hydrogen-bond acceptors (Lipinski definition) is 4. The van der Waals surface area contributed by atoms with E-state index in [2.05, 4.69) is 28.3 Å². The van der Waals surface area contributed by atoms with Crippen molar-refractivity contribution in [2.24, 2.45) is 5.73 Å². The lowest BCUT2D eigenvalue weighted by molar-refractivity contribution is 0.317. The van der Waals surface area contributed by atoms with Crippen LogP contribution in [-0.4, -0.2) is 10.1 Å². The number of hydrogen-bond donors (Lipinski definition) is 1. The van der Waals surface area contributed by atoms with Crippen molar-refractivity contribution in [3.63, 3.8) is 0 Å². The Morgan fingerprint density at radius 1 is 1.21 bits per heavy atom. The molecule has 1 heterocycles. The lowest BCUT2D eigenvalue weighted by Gasteiger charge is -2.13. The fourth-order valence-corrected chi connectivity index (χ4v) is 1.90. The Kier molecular flexibility index (Phi) is 3.45. The third-order valence-corrected chi connectivity index (χ3v) is 3.13. The van der Waals surface area contributed by atoms with E-state index in [1.807, 2.05) is 34.6 Å². The SMILES string of the molecule is Cc1ccc(C)c(C(N)c2noc(C(C)(C)C)n2)c1. The average molecular weight is 259 g/mol. The number of nitrogens with zero attached hydrogens (tertiary/aromatic N) is 2. The smallest absolute Gasteiger partial charge is 0.232 e. The third-order valence-electron chi connectivity index (χ3n) is 3.13. The molecule has 102 valence electrons. The van der Waals surface area contributed by atoms with Crippen molar-refractivity contribution in [3.8, 4) is 0 Å². The van der Waals surface area contributed by atoms with Gasteiger partial charge in [0.25, 0.3) is 0 Å². The first-order chi connectivity index (χ1) is 8.79. The summed E-state index contributed by atoms with van der Waals surface area (Å²) >= 11 is 0. The van der Waals surface area contributed by atoms with E-state index >= 15 is 0 Å². The Morgan fingerprint density at radius 2 is 1.89 bits per heavy atom. The Labute approximate surface area is 114 Å². The summed E-state index contributed by atoms with van der Waals surface area (Å²) in [5.41, 5.74) is 9.46. The fourth-order valence-electron chi connectivity index (χ4n) is 1.90. The Bertz CT molecular complexity index is 581. The fraction of sp³-hybridized carbons (Fsp3) is 0.467. The van der Waals surface area contributed by atoms with Gasteiger partial charge in [0.15, 0.2) is 5.82 Å². The summed E-state index contributed by atoms with van der Waals surface area (Å²) in [6.07, 6.45) is 0. The molecule has 1 unspecified atom stereocenters. The van der Waals surface area contributed by atoms with Gasteiger partial charge in [-0.15, -0.1) is 0 Å². The molecule has 4 nitrogen and oxygen atoms in total. The number of aromatic nitrogens is 2. The molecule has 1 atom stereocenters. The van der Waals surface area contributed by atoms with Crippen LogP contribution in [0.15, 0.2) is 22.7 Å². The van der Waals surface area contributed by atoms with Crippen molar-refractivity contribution in [2.75, 3.05) is 0 Å². The van der Waals surface area contributed by atoms with Gasteiger partial charge in [-0.2, -0.15) is 4.98 Å². The van der Waals surface area contributed by atoms with Crippen molar-refractivity contribution in [1.29, 1.82) is 0 Å². The molecule has 2 aromatic rings. The number of benzene rings is 1. The van der Waals surface area contributed by atoms with Crippen molar-refractivity contribution in [1.82, 2.24) is 10.1 Å². The summed E-state index contributed by atoms with van der Waals surface area (Å²) in [6.45, 7) is 10.2. The largest absolute Gasteiger partial charge is 0.339 e. The Hall–Kier alpha value is -1.68. The predicted octanol–water partition coefficient (Wildman–Crippen LogP) is 3.03. The van der Waals surface area contributed by atoms with Gasteiger partial charge in [-0.3, -0.25) is 0 Å². The second-order valence-electron chi connectivity index (χ2n) is 6.05. The highest BCUT2D eigenvalue weighted by atomic mass is 16.5. The molecule has 0 fully saturated rings. The first kappa shape index (κ1) is 13.7. The van der Waals surface area contributed by atoms with Crippen LogP contribution in [0, 0.1) is 13.8 Å². The maximum atomic E-state index is 6.26. The molecule has 0 spiro atoms. The van der Waals surface area contributed by atoms with E-state index in [1.165, 1.54) is 5.56 Å². The van der Waals surface area contributed by atoms with Gasteiger partial charge >= 0.3 is 0 Å². The van der Waals surface area contributed by atoms with E-state index in [4.69, 9.17) is 10.3 Å². The van der Waals surface area contributed by atoms with E-state index < -0.39 is 0 Å². The van der Waals surface area contributed by atoms with Gasteiger partial charge in [0, 0.05) is 5.41 Å². The molecule has 4 heteroatoms. The normalized spacial score (nSPS) is 13.6. The topological polar surface area (TPSA) is 64.9 Å². The summed E-state index contributed by atoms with van der Waals surface area (Å²) in [4.78, 5) is 4.43. The van der Waals surface area contributed by atoms with Crippen LogP contribution in [-0.2, 0) is 5.41 Å². The van der Waals surface area contributed by atoms with Crippen molar-refractivity contribution in [2.45, 2.75) is 46.1 Å². The van der Waals surface area contributed by atoms with Gasteiger partial charge in [0.05, 0.1) is 6.04 Å². The maximum absolute atomic E-state index is 6.26. The molecule has 0 aliphatic rings. The van der Waals surface area contributed by atoms with Gasteiger partial charge < -0.3 is 10.3 Å². The zero-order chi connectivity index (χ0) is 14.2. The summed E-state index contributed by atoms with van der Waals surface area (Å²) in [5, 5.41) is 4.02. The quantitative estimate of drug-likeness (QED) is 0.900.